The fourth-order valence-corrected chi connectivity index (χ4v) is 2.11. The number of carbonyl (C=O) groups is 1. The van der Waals surface area contributed by atoms with Gasteiger partial charge in [0.25, 0.3) is 0 Å². The molecule has 0 aromatic carbocycles. The predicted octanol–water partition coefficient (Wildman–Crippen LogP) is 2.62. The van der Waals surface area contributed by atoms with Gasteiger partial charge in [0.15, 0.2) is 6.10 Å². The monoisotopic (exact) mass is 345 g/mol. The minimum atomic E-state index is -3.37. The average Bonchev–Trinajstić information content (AvgIpc) is 2.73. The molecule has 2 rings (SSSR count). The second kappa shape index (κ2) is 6.17. The first-order valence-electron chi connectivity index (χ1n) is 7.11. The molecule has 0 N–H and O–H groups in total. The van der Waals surface area contributed by atoms with Crippen LogP contribution >= 0.6 is 0 Å². The van der Waals surface area contributed by atoms with Crippen molar-refractivity contribution in [1.29, 1.82) is 0 Å². The van der Waals surface area contributed by atoms with E-state index >= 15 is 0 Å². The number of ether oxygens (including phenoxy) is 2. The molecule has 1 unspecified atom stereocenters. The molecular weight excluding hydrogens is 328 g/mol. The molecule has 0 aliphatic carbocycles. The molecule has 1 amide bonds. The Balaban J connectivity index is 2.14. The highest BCUT2D eigenvalue weighted by atomic mass is 19.3. The van der Waals surface area contributed by atoms with Gasteiger partial charge in [0.05, 0.1) is 13.1 Å². The summed E-state index contributed by atoms with van der Waals surface area (Å²) in [6.07, 6.45) is -1.47. The number of hydrogen-bond acceptors (Lipinski definition) is 6. The Bertz CT molecular complexity index is 648. The number of nitrogens with zero attached hydrogens (tertiary/aromatic N) is 3. The van der Waals surface area contributed by atoms with E-state index in [1.165, 1.54) is 12.1 Å². The molecule has 1 aromatic rings. The van der Waals surface area contributed by atoms with Crippen molar-refractivity contribution in [2.45, 2.75) is 38.4 Å². The molecule has 1 aliphatic heterocycles. The standard InChI is InChI=1S/C14H17F2N3O5/c1-13(2,3)24-12(20)18-7-10(14(15,16)8-18)23-9-5-4-6-17-11(9)19(21)22/h4-6,10H,7-8H2,1-3H3. The zero-order valence-electron chi connectivity index (χ0n) is 13.4. The Hall–Kier alpha value is -2.52. The fourth-order valence-electron chi connectivity index (χ4n) is 2.11. The molecule has 8 nitrogen and oxygen atoms in total. The number of alkyl halides is 2. The molecule has 2 heterocycles. The van der Waals surface area contributed by atoms with Crippen LogP contribution in [0.2, 0.25) is 0 Å². The van der Waals surface area contributed by atoms with Crippen LogP contribution in [-0.2, 0) is 4.74 Å². The summed E-state index contributed by atoms with van der Waals surface area (Å²) in [5.74, 6) is -4.41. The fraction of sp³-hybridized carbons (Fsp3) is 0.571. The lowest BCUT2D eigenvalue weighted by Crippen LogP contribution is -2.36. The second-order valence-corrected chi connectivity index (χ2v) is 6.31. The molecule has 0 radical (unpaired) electrons. The van der Waals surface area contributed by atoms with E-state index in [9.17, 15) is 23.7 Å². The molecule has 0 spiro atoms. The maximum absolute atomic E-state index is 14.1. The molecule has 0 bridgehead atoms. The highest BCUT2D eigenvalue weighted by Gasteiger charge is 2.52. The van der Waals surface area contributed by atoms with Crippen LogP contribution in [0.15, 0.2) is 18.3 Å². The SMILES string of the molecule is CC(C)(C)OC(=O)N1CC(Oc2cccnc2[N+](=O)[O-])C(F)(F)C1. The number of halogens is 2. The highest BCUT2D eigenvalue weighted by Crippen LogP contribution is 2.34. The zero-order chi connectivity index (χ0) is 18.1. The van der Waals surface area contributed by atoms with Crippen LogP contribution in [0.1, 0.15) is 20.8 Å². The third kappa shape index (κ3) is 4.06. The van der Waals surface area contributed by atoms with Gasteiger partial charge in [-0.1, -0.05) is 0 Å². The van der Waals surface area contributed by atoms with E-state index in [2.05, 4.69) is 4.98 Å². The molecule has 1 fully saturated rings. The van der Waals surface area contributed by atoms with E-state index in [0.717, 1.165) is 11.1 Å². The van der Waals surface area contributed by atoms with E-state index in [-0.39, 0.29) is 5.75 Å². The summed E-state index contributed by atoms with van der Waals surface area (Å²) < 4.78 is 38.4. The lowest BCUT2D eigenvalue weighted by molar-refractivity contribution is -0.390. The summed E-state index contributed by atoms with van der Waals surface area (Å²) in [6, 6.07) is 2.51. The zero-order valence-corrected chi connectivity index (χ0v) is 13.4. The number of nitro groups is 1. The van der Waals surface area contributed by atoms with Crippen molar-refractivity contribution in [3.63, 3.8) is 0 Å². The van der Waals surface area contributed by atoms with Crippen molar-refractivity contribution in [3.05, 3.63) is 28.4 Å². The molecule has 132 valence electrons. The Morgan fingerprint density at radius 2 is 2.17 bits per heavy atom. The summed E-state index contributed by atoms with van der Waals surface area (Å²) in [5, 5.41) is 10.9. The maximum atomic E-state index is 14.1. The smallest absolute Gasteiger partial charge is 0.410 e. The lowest BCUT2D eigenvalue weighted by atomic mass is 10.2. The number of rotatable bonds is 3. The van der Waals surface area contributed by atoms with Gasteiger partial charge < -0.3 is 19.6 Å². The number of pyridine rings is 1. The number of amides is 1. The van der Waals surface area contributed by atoms with Gasteiger partial charge in [-0.05, 0) is 42.8 Å². The molecule has 1 atom stereocenters. The van der Waals surface area contributed by atoms with Crippen LogP contribution in [0, 0.1) is 10.1 Å². The van der Waals surface area contributed by atoms with Gasteiger partial charge in [-0.2, -0.15) is 0 Å². The van der Waals surface area contributed by atoms with E-state index in [1.54, 1.807) is 20.8 Å². The van der Waals surface area contributed by atoms with Gasteiger partial charge in [-0.3, -0.25) is 4.90 Å². The first kappa shape index (κ1) is 17.8. The molecule has 24 heavy (non-hydrogen) atoms. The highest BCUT2D eigenvalue weighted by molar-refractivity contribution is 5.68. The Morgan fingerprint density at radius 3 is 2.75 bits per heavy atom. The number of carbonyl (C=O) groups excluding carboxylic acids is 1. The maximum Gasteiger partial charge on any atom is 0.410 e. The van der Waals surface area contributed by atoms with Gasteiger partial charge in [0.2, 0.25) is 5.75 Å². The first-order chi connectivity index (χ1) is 11.0. The summed E-state index contributed by atoms with van der Waals surface area (Å²) in [5.41, 5.74) is -0.826. The number of likely N-dealkylation sites (tertiary alicyclic amines) is 1. The number of aromatic nitrogens is 1. The molecule has 10 heteroatoms. The molecular formula is C14H17F2N3O5. The van der Waals surface area contributed by atoms with E-state index < -0.39 is 47.6 Å². The Kier molecular flexibility index (Phi) is 4.59. The predicted molar refractivity (Wildman–Crippen MR) is 78.1 cm³/mol. The third-order valence-corrected chi connectivity index (χ3v) is 3.10. The summed E-state index contributed by atoms with van der Waals surface area (Å²) in [4.78, 5) is 26.3. The molecule has 1 saturated heterocycles. The van der Waals surface area contributed by atoms with E-state index in [4.69, 9.17) is 9.47 Å². The topological polar surface area (TPSA) is 94.8 Å². The van der Waals surface area contributed by atoms with Crippen molar-refractivity contribution in [2.75, 3.05) is 13.1 Å². The minimum Gasteiger partial charge on any atom is -0.474 e. The second-order valence-electron chi connectivity index (χ2n) is 6.31. The molecule has 0 saturated carbocycles. The largest absolute Gasteiger partial charge is 0.474 e. The van der Waals surface area contributed by atoms with Gasteiger partial charge >= 0.3 is 17.8 Å². The lowest BCUT2D eigenvalue weighted by Gasteiger charge is -2.24. The molecule has 1 aliphatic rings. The summed E-state index contributed by atoms with van der Waals surface area (Å²) in [6.45, 7) is 3.51. The Morgan fingerprint density at radius 1 is 1.50 bits per heavy atom. The van der Waals surface area contributed by atoms with E-state index in [0.29, 0.717) is 0 Å². The van der Waals surface area contributed by atoms with Crippen molar-refractivity contribution in [1.82, 2.24) is 9.88 Å². The van der Waals surface area contributed by atoms with Crippen LogP contribution in [0.5, 0.6) is 5.75 Å². The Labute approximate surface area is 136 Å². The van der Waals surface area contributed by atoms with Crippen LogP contribution < -0.4 is 4.74 Å². The molecule has 1 aromatic heterocycles. The summed E-state index contributed by atoms with van der Waals surface area (Å²) in [7, 11) is 0. The van der Waals surface area contributed by atoms with E-state index in [1.807, 2.05) is 0 Å². The van der Waals surface area contributed by atoms with Crippen molar-refractivity contribution in [2.24, 2.45) is 0 Å². The summed E-state index contributed by atoms with van der Waals surface area (Å²) >= 11 is 0. The van der Waals surface area contributed by atoms with Crippen molar-refractivity contribution >= 4 is 11.9 Å². The van der Waals surface area contributed by atoms with Crippen LogP contribution in [0.3, 0.4) is 0 Å². The van der Waals surface area contributed by atoms with Crippen molar-refractivity contribution in [3.8, 4) is 5.75 Å². The van der Waals surface area contributed by atoms with Gasteiger partial charge in [-0.15, -0.1) is 0 Å². The number of hydrogen-bond donors (Lipinski definition) is 0. The van der Waals surface area contributed by atoms with Crippen molar-refractivity contribution < 1.29 is 28.0 Å². The van der Waals surface area contributed by atoms with Crippen LogP contribution in [0.4, 0.5) is 19.4 Å². The third-order valence-electron chi connectivity index (χ3n) is 3.10. The van der Waals surface area contributed by atoms with Crippen LogP contribution in [-0.4, -0.2) is 51.6 Å². The first-order valence-corrected chi connectivity index (χ1v) is 7.11. The quantitative estimate of drug-likeness (QED) is 0.617. The van der Waals surface area contributed by atoms with Gasteiger partial charge in [0, 0.05) is 0 Å². The minimum absolute atomic E-state index is 0.377. The average molecular weight is 345 g/mol. The van der Waals surface area contributed by atoms with Gasteiger partial charge in [0.1, 0.15) is 11.8 Å². The normalized spacial score (nSPS) is 19.9. The van der Waals surface area contributed by atoms with Crippen LogP contribution in [0.25, 0.3) is 0 Å². The van der Waals surface area contributed by atoms with Gasteiger partial charge in [-0.25, -0.2) is 13.6 Å².